The lowest BCUT2D eigenvalue weighted by Gasteiger charge is -2.15. The number of nitriles is 1. The van der Waals surface area contributed by atoms with Crippen LogP contribution in [0.1, 0.15) is 37.0 Å². The number of carbonyl (C=O) groups excluding carboxylic acids is 2. The van der Waals surface area contributed by atoms with Crippen molar-refractivity contribution in [2.24, 2.45) is 5.92 Å². The molecule has 1 aromatic rings. The van der Waals surface area contributed by atoms with Crippen molar-refractivity contribution in [2.75, 3.05) is 19.3 Å². The highest BCUT2D eigenvalue weighted by atomic mass is 32.2. The summed E-state index contributed by atoms with van der Waals surface area (Å²) in [5.41, 5.74) is 0.718. The van der Waals surface area contributed by atoms with E-state index in [0.29, 0.717) is 31.1 Å². The zero-order chi connectivity index (χ0) is 16.5. The molecule has 0 radical (unpaired) electrons. The van der Waals surface area contributed by atoms with Gasteiger partial charge in [-0.05, 0) is 18.1 Å². The van der Waals surface area contributed by atoms with Crippen molar-refractivity contribution in [1.82, 2.24) is 4.90 Å². The van der Waals surface area contributed by atoms with Gasteiger partial charge in [-0.25, -0.2) is 0 Å². The van der Waals surface area contributed by atoms with Crippen LogP contribution in [0.2, 0.25) is 0 Å². The minimum absolute atomic E-state index is 0.000195. The van der Waals surface area contributed by atoms with Crippen LogP contribution < -0.4 is 0 Å². The van der Waals surface area contributed by atoms with Gasteiger partial charge in [-0.15, -0.1) is 11.8 Å². The molecule has 1 aromatic carbocycles. The van der Waals surface area contributed by atoms with E-state index in [1.54, 1.807) is 11.9 Å². The predicted molar refractivity (Wildman–Crippen MR) is 88.8 cm³/mol. The first kappa shape index (κ1) is 18.2. The maximum Gasteiger partial charge on any atom is 0.232 e. The Balaban J connectivity index is 2.49. The summed E-state index contributed by atoms with van der Waals surface area (Å²) >= 11 is 1.44. The average molecular weight is 318 g/mol. The van der Waals surface area contributed by atoms with Gasteiger partial charge in [-0.2, -0.15) is 5.26 Å². The monoisotopic (exact) mass is 318 g/mol. The highest BCUT2D eigenvalue weighted by Crippen LogP contribution is 2.20. The lowest BCUT2D eigenvalue weighted by atomic mass is 10.0. The van der Waals surface area contributed by atoms with Gasteiger partial charge < -0.3 is 4.90 Å². The molecule has 0 spiro atoms. The fourth-order valence-electron chi connectivity index (χ4n) is 1.82. The van der Waals surface area contributed by atoms with Crippen molar-refractivity contribution in [3.63, 3.8) is 0 Å². The molecule has 0 N–H and O–H groups in total. The summed E-state index contributed by atoms with van der Waals surface area (Å²) in [5, 5.41) is 8.51. The van der Waals surface area contributed by atoms with Crippen LogP contribution in [0.15, 0.2) is 29.2 Å². The van der Waals surface area contributed by atoms with Crippen molar-refractivity contribution >= 4 is 23.5 Å². The zero-order valence-corrected chi connectivity index (χ0v) is 14.2. The average Bonchev–Trinajstić information content (AvgIpc) is 2.50. The molecule has 0 aliphatic rings. The van der Waals surface area contributed by atoms with E-state index in [-0.39, 0.29) is 11.7 Å². The van der Waals surface area contributed by atoms with Crippen molar-refractivity contribution in [3.05, 3.63) is 29.8 Å². The number of thioether (sulfide) groups is 1. The number of benzene rings is 1. The van der Waals surface area contributed by atoms with Crippen LogP contribution in [0, 0.1) is 17.2 Å². The zero-order valence-electron chi connectivity index (χ0n) is 13.3. The molecule has 0 aliphatic heterocycles. The molecule has 0 aromatic heterocycles. The Hall–Kier alpha value is -1.80. The molecule has 0 bridgehead atoms. The minimum atomic E-state index is 0.000195. The molecule has 1 rings (SSSR count). The third-order valence-corrected chi connectivity index (χ3v) is 4.11. The lowest BCUT2D eigenvalue weighted by molar-refractivity contribution is -0.127. The summed E-state index contributed by atoms with van der Waals surface area (Å²) in [6, 6.07) is 9.41. The molecule has 0 saturated heterocycles. The molecular formula is C17H22N2O2S. The Labute approximate surface area is 136 Å². The predicted octanol–water partition coefficient (Wildman–Crippen LogP) is 3.38. The van der Waals surface area contributed by atoms with E-state index < -0.39 is 0 Å². The fraction of sp³-hybridized carbons (Fsp3) is 0.471. The van der Waals surface area contributed by atoms with E-state index >= 15 is 0 Å². The highest BCUT2D eigenvalue weighted by Gasteiger charge is 2.10. The van der Waals surface area contributed by atoms with Crippen LogP contribution in [-0.2, 0) is 4.79 Å². The van der Waals surface area contributed by atoms with Crippen LogP contribution >= 0.6 is 11.8 Å². The maximum atomic E-state index is 11.9. The van der Waals surface area contributed by atoms with E-state index in [9.17, 15) is 9.59 Å². The van der Waals surface area contributed by atoms with Crippen molar-refractivity contribution in [1.29, 1.82) is 5.26 Å². The molecule has 0 fully saturated rings. The molecule has 0 saturated carbocycles. The van der Waals surface area contributed by atoms with E-state index in [2.05, 4.69) is 0 Å². The van der Waals surface area contributed by atoms with Crippen LogP contribution in [0.5, 0.6) is 0 Å². The summed E-state index contributed by atoms with van der Waals surface area (Å²) in [7, 11) is 1.70. The summed E-state index contributed by atoms with van der Waals surface area (Å²) in [5.74, 6) is 0.837. The Morgan fingerprint density at radius 2 is 1.91 bits per heavy atom. The van der Waals surface area contributed by atoms with Gasteiger partial charge in [-0.3, -0.25) is 9.59 Å². The van der Waals surface area contributed by atoms with Gasteiger partial charge in [-0.1, -0.05) is 26.0 Å². The molecule has 0 heterocycles. The van der Waals surface area contributed by atoms with Crippen molar-refractivity contribution in [2.45, 2.75) is 31.6 Å². The van der Waals surface area contributed by atoms with Gasteiger partial charge >= 0.3 is 0 Å². The number of hydrogen-bond acceptors (Lipinski definition) is 4. The Bertz CT molecular complexity index is 547. The van der Waals surface area contributed by atoms with Gasteiger partial charge in [0.1, 0.15) is 0 Å². The smallest absolute Gasteiger partial charge is 0.232 e. The lowest BCUT2D eigenvalue weighted by Crippen LogP contribution is -2.29. The van der Waals surface area contributed by atoms with E-state index in [1.165, 1.54) is 11.8 Å². The largest absolute Gasteiger partial charge is 0.344 e. The first-order valence-corrected chi connectivity index (χ1v) is 8.29. The first-order valence-electron chi connectivity index (χ1n) is 7.31. The topological polar surface area (TPSA) is 61.2 Å². The van der Waals surface area contributed by atoms with Crippen LogP contribution in [-0.4, -0.2) is 35.9 Å². The Morgan fingerprint density at radius 1 is 1.27 bits per heavy atom. The molecule has 4 nitrogen and oxygen atoms in total. The maximum absolute atomic E-state index is 11.9. The Morgan fingerprint density at radius 3 is 2.45 bits per heavy atom. The fourth-order valence-corrected chi connectivity index (χ4v) is 2.66. The number of ketones is 1. The summed E-state index contributed by atoms with van der Waals surface area (Å²) in [6.45, 7) is 4.51. The van der Waals surface area contributed by atoms with Crippen LogP contribution in [0.25, 0.3) is 0 Å². The quantitative estimate of drug-likeness (QED) is 0.544. The number of Topliss-reactive ketones (excluding diaryl/α,β-unsaturated/α-hetero) is 1. The van der Waals surface area contributed by atoms with E-state index in [1.807, 2.05) is 44.2 Å². The second-order valence-electron chi connectivity index (χ2n) is 5.56. The second-order valence-corrected chi connectivity index (χ2v) is 6.61. The molecule has 0 atom stereocenters. The summed E-state index contributed by atoms with van der Waals surface area (Å²) < 4.78 is 0. The van der Waals surface area contributed by atoms with Crippen molar-refractivity contribution < 1.29 is 9.59 Å². The number of nitrogens with zero attached hydrogens (tertiary/aromatic N) is 2. The molecule has 22 heavy (non-hydrogen) atoms. The number of carbonyl (C=O) groups is 2. The number of amides is 1. The van der Waals surface area contributed by atoms with Gasteiger partial charge in [0.2, 0.25) is 5.91 Å². The molecule has 0 unspecified atom stereocenters. The number of rotatable bonds is 8. The third kappa shape index (κ3) is 6.31. The Kier molecular flexibility index (Phi) is 7.69. The molecule has 118 valence electrons. The highest BCUT2D eigenvalue weighted by molar-refractivity contribution is 8.00. The molecule has 5 heteroatoms. The van der Waals surface area contributed by atoms with Gasteiger partial charge in [0.05, 0.1) is 18.2 Å². The van der Waals surface area contributed by atoms with Gasteiger partial charge in [0, 0.05) is 30.5 Å². The van der Waals surface area contributed by atoms with Crippen molar-refractivity contribution in [3.8, 4) is 6.07 Å². The summed E-state index contributed by atoms with van der Waals surface area (Å²) in [4.78, 5) is 26.3. The SMILES string of the molecule is CC(C)CC(=O)c1ccc(SCC(=O)N(C)CCC#N)cc1. The number of hydrogen-bond donors (Lipinski definition) is 0. The molecule has 1 amide bonds. The van der Waals surface area contributed by atoms with Crippen LogP contribution in [0.4, 0.5) is 0 Å². The molecule has 0 aliphatic carbocycles. The normalized spacial score (nSPS) is 10.3. The van der Waals surface area contributed by atoms with Gasteiger partial charge in [0.15, 0.2) is 5.78 Å². The summed E-state index contributed by atoms with van der Waals surface area (Å²) in [6.07, 6.45) is 0.897. The molecular weight excluding hydrogens is 296 g/mol. The van der Waals surface area contributed by atoms with Gasteiger partial charge in [0.25, 0.3) is 0 Å². The standard InChI is InChI=1S/C17H22N2O2S/c1-13(2)11-16(20)14-5-7-15(8-6-14)22-12-17(21)19(3)10-4-9-18/h5-8,13H,4,10-12H2,1-3H3. The third-order valence-electron chi connectivity index (χ3n) is 3.12. The van der Waals surface area contributed by atoms with E-state index in [4.69, 9.17) is 5.26 Å². The minimum Gasteiger partial charge on any atom is -0.344 e. The first-order chi connectivity index (χ1) is 10.4. The van der Waals surface area contributed by atoms with E-state index in [0.717, 1.165) is 10.5 Å². The van der Waals surface area contributed by atoms with Crippen LogP contribution in [0.3, 0.4) is 0 Å². The second kappa shape index (κ2) is 9.26.